The van der Waals surface area contributed by atoms with Crippen molar-refractivity contribution in [2.75, 3.05) is 21.1 Å². The van der Waals surface area contributed by atoms with Gasteiger partial charge in [0.1, 0.15) is 0 Å². The summed E-state index contributed by atoms with van der Waals surface area (Å²) in [6.45, 7) is 4.61. The fraction of sp³-hybridized carbons (Fsp3) is 0.750. The number of likely N-dealkylation sites (N-methyl/N-ethyl adjacent to an activating group) is 2. The number of aryl methyl sites for hydroxylation is 1. The van der Waals surface area contributed by atoms with Crippen molar-refractivity contribution >= 4 is 11.3 Å². The normalized spacial score (nSPS) is 29.7. The fourth-order valence-electron chi connectivity index (χ4n) is 3.85. The van der Waals surface area contributed by atoms with Crippen LogP contribution in [0.25, 0.3) is 0 Å². The molecule has 1 heterocycles. The minimum Gasteiger partial charge on any atom is -0.311 e. The highest BCUT2D eigenvalue weighted by atomic mass is 32.1. The molecule has 1 aromatic rings. The number of rotatable bonds is 4. The molecular weight excluding hydrogens is 252 g/mol. The molecule has 1 aliphatic rings. The minimum absolute atomic E-state index is 0.264. The molecule has 2 nitrogen and oxygen atoms in total. The number of thiophene rings is 1. The highest BCUT2D eigenvalue weighted by Gasteiger charge is 2.43. The molecule has 0 saturated heterocycles. The SMILES string of the molecule is CNC(c1csc(C)c1)C1(N(C)C)CCCC(C)C1. The molecule has 1 N–H and O–H groups in total. The number of nitrogens with one attached hydrogen (secondary N) is 1. The van der Waals surface area contributed by atoms with Crippen molar-refractivity contribution in [1.29, 1.82) is 0 Å². The van der Waals surface area contributed by atoms with E-state index in [4.69, 9.17) is 0 Å². The van der Waals surface area contributed by atoms with Crippen molar-refractivity contribution in [3.63, 3.8) is 0 Å². The first-order valence-corrected chi connectivity index (χ1v) is 8.27. The van der Waals surface area contributed by atoms with Gasteiger partial charge in [-0.3, -0.25) is 0 Å². The van der Waals surface area contributed by atoms with E-state index in [0.717, 1.165) is 5.92 Å². The smallest absolute Gasteiger partial charge is 0.0513 e. The van der Waals surface area contributed by atoms with Gasteiger partial charge >= 0.3 is 0 Å². The average Bonchev–Trinajstić information content (AvgIpc) is 2.76. The molecule has 19 heavy (non-hydrogen) atoms. The topological polar surface area (TPSA) is 15.3 Å². The Labute approximate surface area is 122 Å². The van der Waals surface area contributed by atoms with E-state index in [1.54, 1.807) is 0 Å². The lowest BCUT2D eigenvalue weighted by molar-refractivity contribution is 0.0394. The Balaban J connectivity index is 2.35. The van der Waals surface area contributed by atoms with Crippen LogP contribution in [-0.4, -0.2) is 31.6 Å². The Kier molecular flexibility index (Phi) is 4.70. The first-order valence-electron chi connectivity index (χ1n) is 7.39. The van der Waals surface area contributed by atoms with E-state index in [2.05, 4.69) is 56.7 Å². The minimum atomic E-state index is 0.264. The lowest BCUT2D eigenvalue weighted by Gasteiger charge is -2.50. The molecule has 1 aromatic heterocycles. The third kappa shape index (κ3) is 2.88. The molecular formula is C16H28N2S. The third-order valence-corrected chi connectivity index (χ3v) is 5.69. The summed E-state index contributed by atoms with van der Waals surface area (Å²) in [4.78, 5) is 3.88. The van der Waals surface area contributed by atoms with Gasteiger partial charge in [0.15, 0.2) is 0 Å². The Morgan fingerprint density at radius 2 is 2.21 bits per heavy atom. The quantitative estimate of drug-likeness (QED) is 0.902. The van der Waals surface area contributed by atoms with Crippen molar-refractivity contribution in [2.24, 2.45) is 5.92 Å². The fourth-order valence-corrected chi connectivity index (χ4v) is 4.58. The molecule has 0 radical (unpaired) electrons. The predicted molar refractivity (Wildman–Crippen MR) is 84.9 cm³/mol. The van der Waals surface area contributed by atoms with Crippen molar-refractivity contribution in [3.05, 3.63) is 21.9 Å². The van der Waals surface area contributed by atoms with Gasteiger partial charge in [-0.05, 0) is 63.8 Å². The Morgan fingerprint density at radius 1 is 1.47 bits per heavy atom. The molecule has 1 aliphatic carbocycles. The molecule has 0 bridgehead atoms. The molecule has 3 heteroatoms. The summed E-state index contributed by atoms with van der Waals surface area (Å²) in [5.41, 5.74) is 1.73. The van der Waals surface area contributed by atoms with Crippen LogP contribution in [0.15, 0.2) is 11.4 Å². The highest BCUT2D eigenvalue weighted by Crippen LogP contribution is 2.44. The van der Waals surface area contributed by atoms with E-state index in [0.29, 0.717) is 6.04 Å². The molecule has 108 valence electrons. The third-order valence-electron chi connectivity index (χ3n) is 4.81. The van der Waals surface area contributed by atoms with Gasteiger partial charge in [0.25, 0.3) is 0 Å². The van der Waals surface area contributed by atoms with Gasteiger partial charge in [-0.2, -0.15) is 0 Å². The Morgan fingerprint density at radius 3 is 2.68 bits per heavy atom. The van der Waals surface area contributed by atoms with Crippen molar-refractivity contribution in [3.8, 4) is 0 Å². The van der Waals surface area contributed by atoms with E-state index in [-0.39, 0.29) is 5.54 Å². The van der Waals surface area contributed by atoms with Crippen LogP contribution in [0.2, 0.25) is 0 Å². The summed E-state index contributed by atoms with van der Waals surface area (Å²) >= 11 is 1.86. The second-order valence-corrected chi connectivity index (χ2v) is 7.53. The maximum atomic E-state index is 3.61. The number of hydrogen-bond donors (Lipinski definition) is 1. The second kappa shape index (κ2) is 5.94. The molecule has 1 saturated carbocycles. The van der Waals surface area contributed by atoms with Crippen molar-refractivity contribution < 1.29 is 0 Å². The molecule has 0 aliphatic heterocycles. The maximum Gasteiger partial charge on any atom is 0.0513 e. The van der Waals surface area contributed by atoms with Crippen LogP contribution in [0.5, 0.6) is 0 Å². The van der Waals surface area contributed by atoms with Crippen molar-refractivity contribution in [2.45, 2.75) is 51.1 Å². The second-order valence-electron chi connectivity index (χ2n) is 6.41. The average molecular weight is 280 g/mol. The molecule has 3 unspecified atom stereocenters. The highest BCUT2D eigenvalue weighted by molar-refractivity contribution is 7.10. The first-order chi connectivity index (χ1) is 8.99. The molecule has 0 amide bonds. The van der Waals surface area contributed by atoms with E-state index in [1.807, 2.05) is 11.3 Å². The zero-order chi connectivity index (χ0) is 14.0. The van der Waals surface area contributed by atoms with Crippen LogP contribution in [0, 0.1) is 12.8 Å². The summed E-state index contributed by atoms with van der Waals surface area (Å²) in [6.07, 6.45) is 5.32. The van der Waals surface area contributed by atoms with Crippen LogP contribution < -0.4 is 5.32 Å². The molecule has 3 atom stereocenters. The monoisotopic (exact) mass is 280 g/mol. The van der Waals surface area contributed by atoms with Gasteiger partial charge in [0.05, 0.1) is 6.04 Å². The Hall–Kier alpha value is -0.380. The lowest BCUT2D eigenvalue weighted by atomic mass is 9.70. The van der Waals surface area contributed by atoms with E-state index in [9.17, 15) is 0 Å². The zero-order valence-electron chi connectivity index (χ0n) is 13.0. The summed E-state index contributed by atoms with van der Waals surface area (Å²) < 4.78 is 0. The van der Waals surface area contributed by atoms with Crippen molar-refractivity contribution in [1.82, 2.24) is 10.2 Å². The van der Waals surface area contributed by atoms with Gasteiger partial charge in [0, 0.05) is 10.4 Å². The zero-order valence-corrected chi connectivity index (χ0v) is 13.8. The van der Waals surface area contributed by atoms with Gasteiger partial charge in [0.2, 0.25) is 0 Å². The summed E-state index contributed by atoms with van der Waals surface area (Å²) in [6, 6.07) is 2.80. The van der Waals surface area contributed by atoms with Crippen LogP contribution in [0.4, 0.5) is 0 Å². The molecule has 0 aromatic carbocycles. The molecule has 0 spiro atoms. The molecule has 1 fully saturated rings. The number of nitrogens with zero attached hydrogens (tertiary/aromatic N) is 1. The van der Waals surface area contributed by atoms with E-state index < -0.39 is 0 Å². The van der Waals surface area contributed by atoms with Gasteiger partial charge in [-0.25, -0.2) is 0 Å². The maximum absolute atomic E-state index is 3.61. The van der Waals surface area contributed by atoms with Gasteiger partial charge in [-0.1, -0.05) is 19.8 Å². The predicted octanol–water partition coefficient (Wildman–Crippen LogP) is 3.83. The van der Waals surface area contributed by atoms with Crippen LogP contribution in [0.1, 0.15) is 49.1 Å². The first kappa shape index (κ1) is 15.0. The largest absolute Gasteiger partial charge is 0.311 e. The van der Waals surface area contributed by atoms with Gasteiger partial charge in [-0.15, -0.1) is 11.3 Å². The van der Waals surface area contributed by atoms with E-state index >= 15 is 0 Å². The summed E-state index contributed by atoms with van der Waals surface area (Å²) in [7, 11) is 6.62. The van der Waals surface area contributed by atoms with Crippen LogP contribution in [0.3, 0.4) is 0 Å². The Bertz CT molecular complexity index is 413. The van der Waals surface area contributed by atoms with Gasteiger partial charge < -0.3 is 10.2 Å². The standard InChI is InChI=1S/C16H28N2S/c1-12-7-6-8-16(10-12,18(4)5)15(17-3)14-9-13(2)19-11-14/h9,11-12,15,17H,6-8,10H2,1-5H3. The van der Waals surface area contributed by atoms with Crippen LogP contribution >= 0.6 is 11.3 Å². The number of hydrogen-bond acceptors (Lipinski definition) is 3. The van der Waals surface area contributed by atoms with Crippen LogP contribution in [-0.2, 0) is 0 Å². The summed E-state index contributed by atoms with van der Waals surface area (Å²) in [5, 5.41) is 5.94. The van der Waals surface area contributed by atoms with E-state index in [1.165, 1.54) is 36.1 Å². The lowest BCUT2D eigenvalue weighted by Crippen LogP contribution is -2.55. The summed E-state index contributed by atoms with van der Waals surface area (Å²) in [5.74, 6) is 0.826. The molecule has 2 rings (SSSR count).